The minimum absolute atomic E-state index is 0.0336. The van der Waals surface area contributed by atoms with Crippen LogP contribution in [0, 0.1) is 11.3 Å². The van der Waals surface area contributed by atoms with E-state index in [1.807, 2.05) is 20.8 Å². The molecule has 5 nitrogen and oxygen atoms in total. The lowest BCUT2D eigenvalue weighted by Gasteiger charge is -2.34. The molecule has 0 bridgehead atoms. The molecule has 0 radical (unpaired) electrons. The van der Waals surface area contributed by atoms with Crippen LogP contribution in [0.15, 0.2) is 0 Å². The molecule has 1 aliphatic carbocycles. The highest BCUT2D eigenvalue weighted by molar-refractivity contribution is 5.68. The molecule has 1 amide bonds. The van der Waals surface area contributed by atoms with Gasteiger partial charge in [0.25, 0.3) is 0 Å². The Kier molecular flexibility index (Phi) is 3.56. The number of amides is 1. The van der Waals surface area contributed by atoms with Gasteiger partial charge in [-0.2, -0.15) is 0 Å². The zero-order chi connectivity index (χ0) is 14.4. The van der Waals surface area contributed by atoms with Crippen molar-refractivity contribution in [1.82, 2.24) is 4.90 Å². The summed E-state index contributed by atoms with van der Waals surface area (Å²) in [5.41, 5.74) is 5.74. The van der Waals surface area contributed by atoms with E-state index in [-0.39, 0.29) is 23.7 Å². The van der Waals surface area contributed by atoms with Gasteiger partial charge in [-0.1, -0.05) is 13.8 Å². The Balaban J connectivity index is 1.93. The number of carbonyl (C=O) groups excluding carboxylic acids is 1. The summed E-state index contributed by atoms with van der Waals surface area (Å²) in [6, 6.07) is 0.163. The molecule has 19 heavy (non-hydrogen) atoms. The van der Waals surface area contributed by atoms with Gasteiger partial charge in [-0.3, -0.25) is 0 Å². The Morgan fingerprint density at radius 2 is 2.00 bits per heavy atom. The van der Waals surface area contributed by atoms with Gasteiger partial charge in [-0.15, -0.1) is 0 Å². The predicted molar refractivity (Wildman–Crippen MR) is 72.8 cm³/mol. The van der Waals surface area contributed by atoms with Gasteiger partial charge in [0.2, 0.25) is 0 Å². The van der Waals surface area contributed by atoms with E-state index in [0.717, 1.165) is 0 Å². The maximum Gasteiger partial charge on any atom is 0.410 e. The topological polar surface area (TPSA) is 64.8 Å². The standard InChI is InChI=1S/C14H26N2O3/c1-13(2,3)19-12(17)16-6-7-18-9(8-16)10-11(15)14(10,4)5/h9-11H,6-8,15H2,1-5H3. The van der Waals surface area contributed by atoms with Crippen LogP contribution in [0.25, 0.3) is 0 Å². The van der Waals surface area contributed by atoms with E-state index in [9.17, 15) is 4.79 Å². The van der Waals surface area contributed by atoms with Crippen LogP contribution in [-0.4, -0.2) is 48.4 Å². The Morgan fingerprint density at radius 1 is 1.42 bits per heavy atom. The number of morpholine rings is 1. The van der Waals surface area contributed by atoms with Crippen molar-refractivity contribution in [1.29, 1.82) is 0 Å². The van der Waals surface area contributed by atoms with Crippen molar-refractivity contribution in [3.05, 3.63) is 0 Å². The number of nitrogens with zero attached hydrogens (tertiary/aromatic N) is 1. The van der Waals surface area contributed by atoms with Crippen molar-refractivity contribution < 1.29 is 14.3 Å². The average molecular weight is 270 g/mol. The summed E-state index contributed by atoms with van der Waals surface area (Å²) in [7, 11) is 0. The Labute approximate surface area is 115 Å². The van der Waals surface area contributed by atoms with Crippen molar-refractivity contribution in [3.8, 4) is 0 Å². The molecule has 1 saturated heterocycles. The number of rotatable bonds is 1. The van der Waals surface area contributed by atoms with Crippen LogP contribution in [0.3, 0.4) is 0 Å². The lowest BCUT2D eigenvalue weighted by atomic mass is 10.0. The van der Waals surface area contributed by atoms with Crippen LogP contribution >= 0.6 is 0 Å². The highest BCUT2D eigenvalue weighted by Gasteiger charge is 2.60. The number of hydrogen-bond acceptors (Lipinski definition) is 4. The van der Waals surface area contributed by atoms with E-state index < -0.39 is 5.60 Å². The second-order valence-corrected chi connectivity index (χ2v) is 7.21. The second kappa shape index (κ2) is 4.63. The molecule has 1 heterocycles. The van der Waals surface area contributed by atoms with Crippen LogP contribution in [0.5, 0.6) is 0 Å². The molecule has 1 saturated carbocycles. The molecule has 2 aliphatic rings. The number of nitrogens with two attached hydrogens (primary N) is 1. The highest BCUT2D eigenvalue weighted by atomic mass is 16.6. The molecule has 3 unspecified atom stereocenters. The van der Waals surface area contributed by atoms with Crippen LogP contribution < -0.4 is 5.73 Å². The average Bonchev–Trinajstić information content (AvgIpc) is 2.76. The zero-order valence-electron chi connectivity index (χ0n) is 12.6. The van der Waals surface area contributed by atoms with Gasteiger partial charge >= 0.3 is 6.09 Å². The highest BCUT2D eigenvalue weighted by Crippen LogP contribution is 2.53. The lowest BCUT2D eigenvalue weighted by Crippen LogP contribution is -2.48. The van der Waals surface area contributed by atoms with Gasteiger partial charge in [0.1, 0.15) is 5.60 Å². The zero-order valence-corrected chi connectivity index (χ0v) is 12.6. The first-order valence-electron chi connectivity index (χ1n) is 6.98. The molecule has 5 heteroatoms. The third-order valence-electron chi connectivity index (χ3n) is 4.14. The largest absolute Gasteiger partial charge is 0.444 e. The Bertz CT molecular complexity index is 362. The molecule has 2 rings (SSSR count). The van der Waals surface area contributed by atoms with Crippen molar-refractivity contribution in [2.45, 2.75) is 52.4 Å². The second-order valence-electron chi connectivity index (χ2n) is 7.21. The molecule has 1 aliphatic heterocycles. The number of ether oxygens (including phenoxy) is 2. The summed E-state index contributed by atoms with van der Waals surface area (Å²) in [5.74, 6) is 0.331. The first kappa shape index (κ1) is 14.6. The Morgan fingerprint density at radius 3 is 2.47 bits per heavy atom. The van der Waals surface area contributed by atoms with E-state index in [1.165, 1.54) is 0 Å². The van der Waals surface area contributed by atoms with E-state index in [4.69, 9.17) is 15.2 Å². The van der Waals surface area contributed by atoms with Crippen molar-refractivity contribution in [2.75, 3.05) is 19.7 Å². The molecular weight excluding hydrogens is 244 g/mol. The molecule has 3 atom stereocenters. The molecule has 0 aromatic carbocycles. The summed E-state index contributed by atoms with van der Waals surface area (Å²) in [5, 5.41) is 0. The van der Waals surface area contributed by atoms with E-state index >= 15 is 0 Å². The van der Waals surface area contributed by atoms with Gasteiger partial charge in [-0.05, 0) is 26.2 Å². The first-order chi connectivity index (χ1) is 8.63. The summed E-state index contributed by atoms with van der Waals surface area (Å²) in [4.78, 5) is 13.8. The summed E-state index contributed by atoms with van der Waals surface area (Å²) in [6.07, 6.45) is -0.223. The third-order valence-corrected chi connectivity index (χ3v) is 4.14. The molecular formula is C14H26N2O3. The fourth-order valence-electron chi connectivity index (χ4n) is 2.81. The van der Waals surface area contributed by atoms with Gasteiger partial charge in [-0.25, -0.2) is 4.79 Å². The summed E-state index contributed by atoms with van der Waals surface area (Å²) >= 11 is 0. The van der Waals surface area contributed by atoms with Crippen molar-refractivity contribution >= 4 is 6.09 Å². The quantitative estimate of drug-likeness (QED) is 0.786. The van der Waals surface area contributed by atoms with Crippen molar-refractivity contribution in [2.24, 2.45) is 17.1 Å². The minimum Gasteiger partial charge on any atom is -0.444 e. The fourth-order valence-corrected chi connectivity index (χ4v) is 2.81. The van der Waals surface area contributed by atoms with Crippen LogP contribution in [0.4, 0.5) is 4.79 Å². The maximum absolute atomic E-state index is 12.1. The third kappa shape index (κ3) is 3.03. The summed E-state index contributed by atoms with van der Waals surface area (Å²) < 4.78 is 11.2. The van der Waals surface area contributed by atoms with Crippen LogP contribution in [0.1, 0.15) is 34.6 Å². The summed E-state index contributed by atoms with van der Waals surface area (Å²) in [6.45, 7) is 11.7. The van der Waals surface area contributed by atoms with Gasteiger partial charge in [0, 0.05) is 18.5 Å². The molecule has 0 aromatic heterocycles. The SMILES string of the molecule is CC(C)(C)OC(=O)N1CCOC(C2C(N)C2(C)C)C1. The molecule has 0 spiro atoms. The fraction of sp³-hybridized carbons (Fsp3) is 0.929. The lowest BCUT2D eigenvalue weighted by molar-refractivity contribution is -0.0538. The maximum atomic E-state index is 12.1. The monoisotopic (exact) mass is 270 g/mol. The smallest absolute Gasteiger partial charge is 0.410 e. The van der Waals surface area contributed by atoms with Crippen molar-refractivity contribution in [3.63, 3.8) is 0 Å². The van der Waals surface area contributed by atoms with Crippen LogP contribution in [-0.2, 0) is 9.47 Å². The van der Waals surface area contributed by atoms with E-state index in [2.05, 4.69) is 13.8 Å². The first-order valence-corrected chi connectivity index (χ1v) is 6.98. The van der Waals surface area contributed by atoms with Gasteiger partial charge in [0.15, 0.2) is 0 Å². The number of hydrogen-bond donors (Lipinski definition) is 1. The van der Waals surface area contributed by atoms with Gasteiger partial charge in [0.05, 0.1) is 19.3 Å². The normalized spacial score (nSPS) is 34.0. The Hall–Kier alpha value is -0.810. The minimum atomic E-state index is -0.458. The van der Waals surface area contributed by atoms with E-state index in [0.29, 0.717) is 25.6 Å². The van der Waals surface area contributed by atoms with E-state index in [1.54, 1.807) is 4.90 Å². The van der Waals surface area contributed by atoms with Gasteiger partial charge < -0.3 is 20.1 Å². The molecule has 2 N–H and O–H groups in total. The molecule has 0 aromatic rings. The molecule has 110 valence electrons. The number of carbonyl (C=O) groups is 1. The predicted octanol–water partition coefficient (Wildman–Crippen LogP) is 1.61. The van der Waals surface area contributed by atoms with Crippen LogP contribution in [0.2, 0.25) is 0 Å². The molecule has 2 fully saturated rings.